The molecule has 0 saturated carbocycles. The van der Waals surface area contributed by atoms with Crippen LogP contribution in [0.1, 0.15) is 24.8 Å². The summed E-state index contributed by atoms with van der Waals surface area (Å²) in [6.45, 7) is 0.869. The number of carbonyl (C=O) groups excluding carboxylic acids is 1. The number of hydrogen-bond donors (Lipinski definition) is 1. The zero-order valence-corrected chi connectivity index (χ0v) is 12.8. The summed E-state index contributed by atoms with van der Waals surface area (Å²) in [6, 6.07) is 7.54. The van der Waals surface area contributed by atoms with Gasteiger partial charge >= 0.3 is 0 Å². The molecule has 0 fully saturated rings. The van der Waals surface area contributed by atoms with E-state index in [0.29, 0.717) is 0 Å². The molecular weight excluding hydrogens is 332 g/mol. The Morgan fingerprint density at radius 3 is 2.45 bits per heavy atom. The van der Waals surface area contributed by atoms with Crippen molar-refractivity contribution in [2.24, 2.45) is 0 Å². The number of benzene rings is 1. The SMILES string of the molecule is CC(CC(=O)N(CCO)CC(F)F)c1ccc(Br)cc1. The minimum absolute atomic E-state index is 0.0593. The van der Waals surface area contributed by atoms with Crippen LogP contribution in [-0.2, 0) is 4.79 Å². The van der Waals surface area contributed by atoms with Crippen molar-refractivity contribution in [3.05, 3.63) is 34.3 Å². The molecule has 0 bridgehead atoms. The summed E-state index contributed by atoms with van der Waals surface area (Å²) in [5.41, 5.74) is 0.975. The maximum absolute atomic E-state index is 12.4. The van der Waals surface area contributed by atoms with Gasteiger partial charge in [-0.05, 0) is 23.6 Å². The van der Waals surface area contributed by atoms with Gasteiger partial charge in [-0.15, -0.1) is 0 Å². The van der Waals surface area contributed by atoms with Gasteiger partial charge in [-0.3, -0.25) is 4.79 Å². The third-order valence-electron chi connectivity index (χ3n) is 3.00. The Morgan fingerprint density at radius 2 is 1.95 bits per heavy atom. The zero-order chi connectivity index (χ0) is 15.1. The first-order valence-electron chi connectivity index (χ1n) is 6.36. The van der Waals surface area contributed by atoms with Gasteiger partial charge in [0.05, 0.1) is 13.2 Å². The van der Waals surface area contributed by atoms with Gasteiger partial charge in [-0.1, -0.05) is 35.0 Å². The molecule has 112 valence electrons. The van der Waals surface area contributed by atoms with Gasteiger partial charge in [0.2, 0.25) is 5.91 Å². The molecule has 3 nitrogen and oxygen atoms in total. The number of hydrogen-bond acceptors (Lipinski definition) is 2. The van der Waals surface area contributed by atoms with Gasteiger partial charge in [0, 0.05) is 17.4 Å². The van der Waals surface area contributed by atoms with Crippen LogP contribution >= 0.6 is 15.9 Å². The Kier molecular flexibility index (Phi) is 7.09. The van der Waals surface area contributed by atoms with Crippen LogP contribution in [0.15, 0.2) is 28.7 Å². The molecular formula is C14H18BrF2NO2. The van der Waals surface area contributed by atoms with Crippen LogP contribution < -0.4 is 0 Å². The smallest absolute Gasteiger partial charge is 0.255 e. The second kappa shape index (κ2) is 8.32. The van der Waals surface area contributed by atoms with E-state index in [0.717, 1.165) is 14.9 Å². The van der Waals surface area contributed by atoms with E-state index >= 15 is 0 Å². The summed E-state index contributed by atoms with van der Waals surface area (Å²) >= 11 is 3.33. The summed E-state index contributed by atoms with van der Waals surface area (Å²) in [7, 11) is 0. The van der Waals surface area contributed by atoms with Crippen molar-refractivity contribution in [1.29, 1.82) is 0 Å². The lowest BCUT2D eigenvalue weighted by atomic mass is 9.97. The number of nitrogens with zero attached hydrogens (tertiary/aromatic N) is 1. The standard InChI is InChI=1S/C14H18BrF2NO2/c1-10(11-2-4-12(15)5-3-11)8-14(20)18(6-7-19)9-13(16)17/h2-5,10,13,19H,6-9H2,1H3. The fourth-order valence-electron chi connectivity index (χ4n) is 1.91. The molecule has 1 atom stereocenters. The van der Waals surface area contributed by atoms with E-state index in [9.17, 15) is 13.6 Å². The highest BCUT2D eigenvalue weighted by Crippen LogP contribution is 2.22. The van der Waals surface area contributed by atoms with Gasteiger partial charge < -0.3 is 10.0 Å². The van der Waals surface area contributed by atoms with Crippen LogP contribution in [0.25, 0.3) is 0 Å². The maximum Gasteiger partial charge on any atom is 0.255 e. The van der Waals surface area contributed by atoms with E-state index in [2.05, 4.69) is 15.9 Å². The van der Waals surface area contributed by atoms with Gasteiger partial charge in [-0.25, -0.2) is 8.78 Å². The van der Waals surface area contributed by atoms with Crippen LogP contribution in [0, 0.1) is 0 Å². The van der Waals surface area contributed by atoms with Gasteiger partial charge in [-0.2, -0.15) is 0 Å². The fourth-order valence-corrected chi connectivity index (χ4v) is 2.17. The van der Waals surface area contributed by atoms with Crippen molar-refractivity contribution in [3.8, 4) is 0 Å². The van der Waals surface area contributed by atoms with Crippen molar-refractivity contribution in [3.63, 3.8) is 0 Å². The second-order valence-corrected chi connectivity index (χ2v) is 5.53. The van der Waals surface area contributed by atoms with Crippen molar-refractivity contribution in [2.75, 3.05) is 19.7 Å². The predicted octanol–water partition coefficient (Wildman–Crippen LogP) is 3.03. The highest BCUT2D eigenvalue weighted by molar-refractivity contribution is 9.10. The Hall–Kier alpha value is -1.01. The number of amides is 1. The number of aliphatic hydroxyl groups excluding tert-OH is 1. The Morgan fingerprint density at radius 1 is 1.35 bits per heavy atom. The molecule has 1 amide bonds. The zero-order valence-electron chi connectivity index (χ0n) is 11.2. The molecule has 1 aromatic carbocycles. The quantitative estimate of drug-likeness (QED) is 0.821. The van der Waals surface area contributed by atoms with E-state index in [-0.39, 0.29) is 31.4 Å². The van der Waals surface area contributed by atoms with Gasteiger partial charge in [0.1, 0.15) is 0 Å². The Labute approximate surface area is 125 Å². The molecule has 0 aromatic heterocycles. The highest BCUT2D eigenvalue weighted by Gasteiger charge is 2.20. The first kappa shape index (κ1) is 17.0. The first-order chi connectivity index (χ1) is 9.43. The minimum Gasteiger partial charge on any atom is -0.395 e. The van der Waals surface area contributed by atoms with Crippen LogP contribution in [0.4, 0.5) is 8.78 Å². The lowest BCUT2D eigenvalue weighted by Crippen LogP contribution is -2.37. The highest BCUT2D eigenvalue weighted by atomic mass is 79.9. The maximum atomic E-state index is 12.4. The molecule has 0 aliphatic heterocycles. The summed E-state index contributed by atoms with van der Waals surface area (Å²) < 4.78 is 25.7. The average Bonchev–Trinajstić information content (AvgIpc) is 2.38. The average molecular weight is 350 g/mol. The van der Waals surface area contributed by atoms with Crippen molar-refractivity contribution in [2.45, 2.75) is 25.7 Å². The molecule has 1 rings (SSSR count). The van der Waals surface area contributed by atoms with Gasteiger partial charge in [0.15, 0.2) is 0 Å². The second-order valence-electron chi connectivity index (χ2n) is 4.61. The summed E-state index contributed by atoms with van der Waals surface area (Å²) in [6.07, 6.45) is -2.44. The third-order valence-corrected chi connectivity index (χ3v) is 3.53. The van der Waals surface area contributed by atoms with E-state index < -0.39 is 13.0 Å². The van der Waals surface area contributed by atoms with E-state index in [1.165, 1.54) is 0 Å². The van der Waals surface area contributed by atoms with Crippen molar-refractivity contribution < 1.29 is 18.7 Å². The number of rotatable bonds is 7. The van der Waals surface area contributed by atoms with E-state index in [4.69, 9.17) is 5.11 Å². The van der Waals surface area contributed by atoms with E-state index in [1.807, 2.05) is 31.2 Å². The number of alkyl halides is 2. The van der Waals surface area contributed by atoms with Crippen LogP contribution in [0.2, 0.25) is 0 Å². The van der Waals surface area contributed by atoms with Gasteiger partial charge in [0.25, 0.3) is 6.43 Å². The fraction of sp³-hybridized carbons (Fsp3) is 0.500. The van der Waals surface area contributed by atoms with Crippen molar-refractivity contribution in [1.82, 2.24) is 4.90 Å². The molecule has 0 saturated heterocycles. The molecule has 1 unspecified atom stereocenters. The lowest BCUT2D eigenvalue weighted by molar-refractivity contribution is -0.134. The van der Waals surface area contributed by atoms with Crippen LogP contribution in [-0.4, -0.2) is 42.0 Å². The molecule has 20 heavy (non-hydrogen) atoms. The molecule has 1 N–H and O–H groups in total. The third kappa shape index (κ3) is 5.54. The topological polar surface area (TPSA) is 40.5 Å². The number of carbonyl (C=O) groups is 1. The van der Waals surface area contributed by atoms with Crippen molar-refractivity contribution >= 4 is 21.8 Å². The molecule has 0 spiro atoms. The molecule has 0 aliphatic rings. The normalized spacial score (nSPS) is 12.5. The molecule has 0 heterocycles. The van der Waals surface area contributed by atoms with Crippen LogP contribution in [0.5, 0.6) is 0 Å². The molecule has 6 heteroatoms. The Bertz CT molecular complexity index is 426. The molecule has 1 aromatic rings. The molecule has 0 aliphatic carbocycles. The first-order valence-corrected chi connectivity index (χ1v) is 7.15. The summed E-state index contributed by atoms with van der Waals surface area (Å²) in [4.78, 5) is 13.0. The minimum atomic E-state index is -2.59. The largest absolute Gasteiger partial charge is 0.395 e. The lowest BCUT2D eigenvalue weighted by Gasteiger charge is -2.23. The number of aliphatic hydroxyl groups is 1. The van der Waals surface area contributed by atoms with E-state index in [1.54, 1.807) is 0 Å². The summed E-state index contributed by atoms with van der Waals surface area (Å²) in [5.74, 6) is -0.427. The number of halogens is 3. The molecule has 0 radical (unpaired) electrons. The Balaban J connectivity index is 2.64. The summed E-state index contributed by atoms with van der Waals surface area (Å²) in [5, 5.41) is 8.84. The predicted molar refractivity (Wildman–Crippen MR) is 76.8 cm³/mol. The van der Waals surface area contributed by atoms with Crippen LogP contribution in [0.3, 0.4) is 0 Å². The monoisotopic (exact) mass is 349 g/mol.